The SMILES string of the molecule is CC(C)(CCOC(=O)CS)[C@H](OC(=O)Nc1cccc2ccccc12)c1ccccc1OCCO. The molecular formula is C27H31NO6S. The van der Waals surface area contributed by atoms with Crippen LogP contribution < -0.4 is 10.1 Å². The summed E-state index contributed by atoms with van der Waals surface area (Å²) in [6.45, 7) is 3.97. The molecule has 0 saturated heterocycles. The molecule has 8 heteroatoms. The largest absolute Gasteiger partial charge is 0.491 e. The molecule has 0 fully saturated rings. The molecule has 186 valence electrons. The first-order chi connectivity index (χ1) is 16.9. The molecule has 2 N–H and O–H groups in total. The Hall–Kier alpha value is -3.23. The summed E-state index contributed by atoms with van der Waals surface area (Å²) >= 11 is 3.93. The highest BCUT2D eigenvalue weighted by molar-refractivity contribution is 7.81. The number of ether oxygens (including phenoxy) is 3. The van der Waals surface area contributed by atoms with Gasteiger partial charge in [-0.3, -0.25) is 10.1 Å². The fourth-order valence-corrected chi connectivity index (χ4v) is 3.90. The zero-order valence-electron chi connectivity index (χ0n) is 19.9. The van der Waals surface area contributed by atoms with Gasteiger partial charge < -0.3 is 19.3 Å². The number of para-hydroxylation sites is 1. The quantitative estimate of drug-likeness (QED) is 0.243. The van der Waals surface area contributed by atoms with Crippen molar-refractivity contribution < 1.29 is 28.9 Å². The highest BCUT2D eigenvalue weighted by atomic mass is 32.1. The average molecular weight is 498 g/mol. The second-order valence-electron chi connectivity index (χ2n) is 8.66. The summed E-state index contributed by atoms with van der Waals surface area (Å²) < 4.78 is 17.0. The maximum absolute atomic E-state index is 13.1. The summed E-state index contributed by atoms with van der Waals surface area (Å²) in [5, 5.41) is 14.0. The van der Waals surface area contributed by atoms with Gasteiger partial charge in [-0.05, 0) is 23.9 Å². The van der Waals surface area contributed by atoms with Crippen molar-refractivity contribution in [1.82, 2.24) is 0 Å². The summed E-state index contributed by atoms with van der Waals surface area (Å²) in [6, 6.07) is 20.6. The van der Waals surface area contributed by atoms with E-state index >= 15 is 0 Å². The van der Waals surface area contributed by atoms with Crippen LogP contribution in [0.25, 0.3) is 10.8 Å². The maximum atomic E-state index is 13.1. The van der Waals surface area contributed by atoms with Crippen LogP contribution in [0.1, 0.15) is 31.9 Å². The van der Waals surface area contributed by atoms with E-state index in [1.165, 1.54) is 0 Å². The molecule has 3 rings (SSSR count). The lowest BCUT2D eigenvalue weighted by atomic mass is 9.79. The molecule has 0 radical (unpaired) electrons. The smallest absolute Gasteiger partial charge is 0.412 e. The van der Waals surface area contributed by atoms with Gasteiger partial charge in [-0.25, -0.2) is 4.79 Å². The second kappa shape index (κ2) is 12.5. The van der Waals surface area contributed by atoms with Crippen molar-refractivity contribution in [3.8, 4) is 5.75 Å². The number of esters is 1. The van der Waals surface area contributed by atoms with Crippen molar-refractivity contribution in [3.05, 3.63) is 72.3 Å². The third kappa shape index (κ3) is 7.13. The number of hydrogen-bond donors (Lipinski definition) is 3. The van der Waals surface area contributed by atoms with E-state index in [1.807, 2.05) is 74.5 Å². The maximum Gasteiger partial charge on any atom is 0.412 e. The van der Waals surface area contributed by atoms with Crippen LogP contribution in [-0.4, -0.2) is 42.7 Å². The number of aliphatic hydroxyl groups is 1. The Labute approximate surface area is 210 Å². The number of carbonyl (C=O) groups is 2. The van der Waals surface area contributed by atoms with Crippen LogP contribution in [0.3, 0.4) is 0 Å². The standard InChI is InChI=1S/C27H31NO6S/c1-27(2,14-16-33-24(30)18-35)25(21-11-5-6-13-23(21)32-17-15-29)34-26(31)28-22-12-7-9-19-8-3-4-10-20(19)22/h3-13,25,29,35H,14-18H2,1-2H3,(H,28,31)/t25-/m1/s1. The summed E-state index contributed by atoms with van der Waals surface area (Å²) in [6.07, 6.45) is -0.932. The topological polar surface area (TPSA) is 94.1 Å². The number of nitrogens with one attached hydrogen (secondary N) is 1. The van der Waals surface area contributed by atoms with Crippen molar-refractivity contribution in [2.45, 2.75) is 26.4 Å². The van der Waals surface area contributed by atoms with Crippen molar-refractivity contribution in [2.75, 3.05) is 30.9 Å². The minimum Gasteiger partial charge on any atom is -0.491 e. The highest BCUT2D eigenvalue weighted by Crippen LogP contribution is 2.43. The van der Waals surface area contributed by atoms with Gasteiger partial charge >= 0.3 is 12.1 Å². The van der Waals surface area contributed by atoms with Crippen LogP contribution in [0, 0.1) is 5.41 Å². The molecule has 0 aliphatic heterocycles. The van der Waals surface area contributed by atoms with Crippen LogP contribution >= 0.6 is 12.6 Å². The minimum atomic E-state index is -0.734. The van der Waals surface area contributed by atoms with E-state index in [4.69, 9.17) is 14.2 Å². The molecule has 1 atom stereocenters. The first-order valence-corrected chi connectivity index (χ1v) is 12.0. The normalized spacial score (nSPS) is 12.1. The number of rotatable bonds is 11. The molecule has 7 nitrogen and oxygen atoms in total. The van der Waals surface area contributed by atoms with Gasteiger partial charge in [0.05, 0.1) is 24.7 Å². The van der Waals surface area contributed by atoms with Crippen molar-refractivity contribution >= 4 is 41.2 Å². The van der Waals surface area contributed by atoms with Crippen LogP contribution in [0.5, 0.6) is 5.75 Å². The lowest BCUT2D eigenvalue weighted by Gasteiger charge is -2.35. The van der Waals surface area contributed by atoms with Crippen molar-refractivity contribution in [2.24, 2.45) is 5.41 Å². The summed E-state index contributed by atoms with van der Waals surface area (Å²) in [7, 11) is 0. The predicted octanol–water partition coefficient (Wildman–Crippen LogP) is 5.39. The molecule has 0 saturated carbocycles. The van der Waals surface area contributed by atoms with Gasteiger partial charge in [0.2, 0.25) is 0 Å². The number of hydrogen-bond acceptors (Lipinski definition) is 7. The molecule has 3 aromatic carbocycles. The fraction of sp³-hybridized carbons (Fsp3) is 0.333. The molecule has 0 unspecified atom stereocenters. The lowest BCUT2D eigenvalue weighted by Crippen LogP contribution is -2.31. The molecule has 1 amide bonds. The molecule has 0 aliphatic carbocycles. The van der Waals surface area contributed by atoms with Gasteiger partial charge in [-0.1, -0.05) is 68.4 Å². The van der Waals surface area contributed by atoms with Crippen molar-refractivity contribution in [3.63, 3.8) is 0 Å². The van der Waals surface area contributed by atoms with E-state index in [9.17, 15) is 14.7 Å². The van der Waals surface area contributed by atoms with E-state index in [2.05, 4.69) is 17.9 Å². The Kier molecular flexibility index (Phi) is 9.39. The third-order valence-electron chi connectivity index (χ3n) is 5.65. The minimum absolute atomic E-state index is 0.00831. The average Bonchev–Trinajstić information content (AvgIpc) is 2.86. The molecule has 35 heavy (non-hydrogen) atoms. The van der Waals surface area contributed by atoms with E-state index in [0.717, 1.165) is 10.8 Å². The fourth-order valence-electron chi connectivity index (χ4n) is 3.81. The highest BCUT2D eigenvalue weighted by Gasteiger charge is 2.36. The van der Waals surface area contributed by atoms with Gasteiger partial charge in [0.25, 0.3) is 0 Å². The number of benzene rings is 3. The number of fused-ring (bicyclic) bond motifs is 1. The van der Waals surface area contributed by atoms with E-state index in [-0.39, 0.29) is 25.6 Å². The van der Waals surface area contributed by atoms with Crippen LogP contribution in [0.4, 0.5) is 10.5 Å². The molecule has 0 aliphatic rings. The first kappa shape index (κ1) is 26.4. The van der Waals surface area contributed by atoms with Crippen LogP contribution in [0.2, 0.25) is 0 Å². The Morgan fingerprint density at radius 2 is 1.71 bits per heavy atom. The lowest BCUT2D eigenvalue weighted by molar-refractivity contribution is -0.141. The first-order valence-electron chi connectivity index (χ1n) is 11.4. The van der Waals surface area contributed by atoms with Gasteiger partial charge in [-0.2, -0.15) is 12.6 Å². The zero-order valence-corrected chi connectivity index (χ0v) is 20.8. The number of thiol groups is 1. The zero-order chi connectivity index (χ0) is 25.3. The number of anilines is 1. The molecular weight excluding hydrogens is 466 g/mol. The second-order valence-corrected chi connectivity index (χ2v) is 8.98. The Morgan fingerprint density at radius 3 is 2.49 bits per heavy atom. The molecule has 0 aromatic heterocycles. The van der Waals surface area contributed by atoms with E-state index < -0.39 is 23.6 Å². The van der Waals surface area contributed by atoms with Crippen LogP contribution in [0.15, 0.2) is 66.7 Å². The Morgan fingerprint density at radius 1 is 1.00 bits per heavy atom. The monoisotopic (exact) mass is 497 g/mol. The Balaban J connectivity index is 1.87. The molecule has 0 bridgehead atoms. The van der Waals surface area contributed by atoms with E-state index in [1.54, 1.807) is 6.07 Å². The third-order valence-corrected chi connectivity index (χ3v) is 5.91. The Bertz CT molecular complexity index is 1140. The summed E-state index contributed by atoms with van der Waals surface area (Å²) in [5.74, 6) is 0.0814. The van der Waals surface area contributed by atoms with Crippen LogP contribution in [-0.2, 0) is 14.3 Å². The molecule has 3 aromatic rings. The van der Waals surface area contributed by atoms with Gasteiger partial charge in [0, 0.05) is 16.4 Å². The van der Waals surface area contributed by atoms with Gasteiger partial charge in [0.15, 0.2) is 0 Å². The molecule has 0 spiro atoms. The van der Waals surface area contributed by atoms with Gasteiger partial charge in [-0.15, -0.1) is 0 Å². The van der Waals surface area contributed by atoms with E-state index in [0.29, 0.717) is 23.4 Å². The predicted molar refractivity (Wildman–Crippen MR) is 139 cm³/mol. The number of carbonyl (C=O) groups excluding carboxylic acids is 2. The molecule has 0 heterocycles. The summed E-state index contributed by atoms with van der Waals surface area (Å²) in [4.78, 5) is 24.7. The number of amides is 1. The van der Waals surface area contributed by atoms with Crippen molar-refractivity contribution in [1.29, 1.82) is 0 Å². The van der Waals surface area contributed by atoms with Gasteiger partial charge in [0.1, 0.15) is 18.5 Å². The summed E-state index contributed by atoms with van der Waals surface area (Å²) in [5.41, 5.74) is 0.655. The number of aliphatic hydroxyl groups excluding tert-OH is 1.